The van der Waals surface area contributed by atoms with Crippen molar-refractivity contribution in [3.05, 3.63) is 35.6 Å². The minimum absolute atomic E-state index is 0.269. The highest BCUT2D eigenvalue weighted by atomic mass is 19.1. The van der Waals surface area contributed by atoms with Crippen LogP contribution in [0.2, 0.25) is 0 Å². The highest BCUT2D eigenvalue weighted by molar-refractivity contribution is 5.89. The summed E-state index contributed by atoms with van der Waals surface area (Å²) in [5, 5.41) is 38.7. The summed E-state index contributed by atoms with van der Waals surface area (Å²) in [7, 11) is 0. The van der Waals surface area contributed by atoms with Gasteiger partial charge in [-0.25, -0.2) is 4.39 Å². The van der Waals surface area contributed by atoms with Crippen molar-refractivity contribution in [3.63, 3.8) is 0 Å². The van der Waals surface area contributed by atoms with Crippen LogP contribution >= 0.6 is 0 Å². The Morgan fingerprint density at radius 1 is 1.19 bits per heavy atom. The summed E-state index contributed by atoms with van der Waals surface area (Å²) in [6, 6.07) is 11.4. The largest absolute Gasteiger partial charge is 0.447 e. The van der Waals surface area contributed by atoms with Crippen LogP contribution in [0.3, 0.4) is 0 Å². The number of hydrogen-bond donors (Lipinski definition) is 1. The first-order valence-electron chi connectivity index (χ1n) is 8.86. The van der Waals surface area contributed by atoms with Crippen molar-refractivity contribution in [1.82, 2.24) is 0 Å². The fourth-order valence-electron chi connectivity index (χ4n) is 4.64. The van der Waals surface area contributed by atoms with Gasteiger partial charge in [0.1, 0.15) is 11.9 Å². The third kappa shape index (κ3) is 2.14. The molecule has 0 aromatic heterocycles. The maximum atomic E-state index is 13.9. The van der Waals surface area contributed by atoms with Gasteiger partial charge in [-0.3, -0.25) is 5.41 Å². The maximum absolute atomic E-state index is 13.9. The summed E-state index contributed by atoms with van der Waals surface area (Å²) >= 11 is 0. The summed E-state index contributed by atoms with van der Waals surface area (Å²) < 4.78 is 25.9. The Kier molecular flexibility index (Phi) is 4.42. The van der Waals surface area contributed by atoms with Gasteiger partial charge >= 0.3 is 0 Å². The second-order valence-corrected chi connectivity index (χ2v) is 6.96. The minimum Gasteiger partial charge on any atom is -0.447 e. The van der Waals surface area contributed by atoms with Gasteiger partial charge in [-0.2, -0.15) is 15.8 Å². The lowest BCUT2D eigenvalue weighted by atomic mass is 9.52. The molecular formula is C20H19FN4O2. The Morgan fingerprint density at radius 3 is 2.41 bits per heavy atom. The molecule has 0 aliphatic carbocycles. The molecular weight excluding hydrogens is 347 g/mol. The number of nitriles is 3. The molecule has 138 valence electrons. The predicted molar refractivity (Wildman–Crippen MR) is 92.2 cm³/mol. The van der Waals surface area contributed by atoms with Crippen molar-refractivity contribution in [2.75, 3.05) is 0 Å². The molecule has 1 aromatic rings. The van der Waals surface area contributed by atoms with Crippen LogP contribution in [-0.2, 0) is 9.47 Å². The van der Waals surface area contributed by atoms with E-state index in [1.165, 1.54) is 18.2 Å². The molecule has 0 amide bonds. The van der Waals surface area contributed by atoms with Gasteiger partial charge in [0.15, 0.2) is 5.41 Å². The van der Waals surface area contributed by atoms with E-state index in [0.29, 0.717) is 19.3 Å². The molecule has 2 fully saturated rings. The van der Waals surface area contributed by atoms with Crippen molar-refractivity contribution in [2.24, 2.45) is 16.7 Å². The molecule has 3 rings (SSSR count). The van der Waals surface area contributed by atoms with Gasteiger partial charge in [-0.05, 0) is 30.5 Å². The topological polar surface area (TPSA) is 114 Å². The quantitative estimate of drug-likeness (QED) is 0.866. The van der Waals surface area contributed by atoms with Crippen LogP contribution in [0.25, 0.3) is 0 Å². The summed E-state index contributed by atoms with van der Waals surface area (Å²) in [6.07, 6.45) is 0.195. The zero-order valence-electron chi connectivity index (χ0n) is 15.1. The van der Waals surface area contributed by atoms with Gasteiger partial charge < -0.3 is 9.47 Å². The van der Waals surface area contributed by atoms with Crippen molar-refractivity contribution < 1.29 is 13.9 Å². The minimum atomic E-state index is -2.04. The predicted octanol–water partition coefficient (Wildman–Crippen LogP) is 3.97. The standard InChI is InChI=1S/C20H19FN4O2/c1-3-8-20-15(4-2)19(12-24,17(25)27-20)18(10-22,11-23)16(26-20)13-6-5-7-14(21)9-13/h5-7,9,15-16,25H,3-4,8H2,1-2H3. The average Bonchev–Trinajstić information content (AvgIpc) is 2.85. The van der Waals surface area contributed by atoms with E-state index in [9.17, 15) is 20.2 Å². The molecule has 2 aliphatic heterocycles. The molecule has 2 aliphatic rings. The van der Waals surface area contributed by atoms with Crippen LogP contribution in [0, 0.1) is 62.0 Å². The van der Waals surface area contributed by atoms with Crippen molar-refractivity contribution in [2.45, 2.75) is 45.0 Å². The highest BCUT2D eigenvalue weighted by Gasteiger charge is 2.79. The van der Waals surface area contributed by atoms with Crippen molar-refractivity contribution in [1.29, 1.82) is 21.2 Å². The molecule has 4 unspecified atom stereocenters. The molecule has 27 heavy (non-hydrogen) atoms. The van der Waals surface area contributed by atoms with Crippen LogP contribution < -0.4 is 0 Å². The molecule has 7 heteroatoms. The zero-order valence-corrected chi connectivity index (χ0v) is 15.1. The van der Waals surface area contributed by atoms with E-state index in [2.05, 4.69) is 6.07 Å². The second kappa shape index (κ2) is 6.34. The average molecular weight is 366 g/mol. The summed E-state index contributed by atoms with van der Waals surface area (Å²) in [4.78, 5) is 0. The number of halogens is 1. The summed E-state index contributed by atoms with van der Waals surface area (Å²) in [5.74, 6) is -2.93. The third-order valence-electron chi connectivity index (χ3n) is 5.71. The number of benzene rings is 1. The molecule has 6 nitrogen and oxygen atoms in total. The van der Waals surface area contributed by atoms with Crippen molar-refractivity contribution in [3.8, 4) is 18.2 Å². The Hall–Kier alpha value is -2.95. The van der Waals surface area contributed by atoms with Gasteiger partial charge in [-0.15, -0.1) is 0 Å². The van der Waals surface area contributed by atoms with E-state index in [1.54, 1.807) is 6.07 Å². The van der Waals surface area contributed by atoms with Crippen LogP contribution in [-0.4, -0.2) is 11.7 Å². The fourth-order valence-corrected chi connectivity index (χ4v) is 4.64. The number of hydrogen-bond acceptors (Lipinski definition) is 6. The van der Waals surface area contributed by atoms with E-state index in [4.69, 9.17) is 14.9 Å². The number of rotatable bonds is 4. The first-order chi connectivity index (χ1) is 12.9. The van der Waals surface area contributed by atoms with Gasteiger partial charge in [0.25, 0.3) is 0 Å². The Balaban J connectivity index is 2.35. The van der Waals surface area contributed by atoms with Crippen LogP contribution in [0.4, 0.5) is 4.39 Å². The van der Waals surface area contributed by atoms with Crippen molar-refractivity contribution >= 4 is 5.90 Å². The molecule has 0 spiro atoms. The Labute approximate surface area is 157 Å². The second-order valence-electron chi connectivity index (χ2n) is 6.96. The summed E-state index contributed by atoms with van der Waals surface area (Å²) in [5.41, 5.74) is -3.57. The van der Waals surface area contributed by atoms with Gasteiger partial charge in [0.05, 0.1) is 24.1 Å². The molecule has 1 aromatic carbocycles. The molecule has 0 saturated carbocycles. The molecule has 4 atom stereocenters. The molecule has 1 N–H and O–H groups in total. The number of nitrogens with zero attached hydrogens (tertiary/aromatic N) is 3. The lowest BCUT2D eigenvalue weighted by Gasteiger charge is -2.49. The Bertz CT molecular complexity index is 898. The van der Waals surface area contributed by atoms with Gasteiger partial charge in [0.2, 0.25) is 17.1 Å². The first kappa shape index (κ1) is 18.8. The lowest BCUT2D eigenvalue weighted by molar-refractivity contribution is -0.286. The maximum Gasteiger partial charge on any atom is 0.217 e. The van der Waals surface area contributed by atoms with E-state index >= 15 is 0 Å². The van der Waals surface area contributed by atoms with Gasteiger partial charge in [0, 0.05) is 6.42 Å². The molecule has 2 saturated heterocycles. The Morgan fingerprint density at radius 2 is 1.89 bits per heavy atom. The normalized spacial score (nSPS) is 33.4. The number of fused-ring (bicyclic) bond motifs is 2. The zero-order chi connectivity index (χ0) is 19.9. The van der Waals surface area contributed by atoms with Crippen LogP contribution in [0.1, 0.15) is 44.8 Å². The third-order valence-corrected chi connectivity index (χ3v) is 5.71. The van der Waals surface area contributed by atoms with E-state index in [1.807, 2.05) is 26.0 Å². The number of ether oxygens (including phenoxy) is 2. The van der Waals surface area contributed by atoms with Crippen LogP contribution in [0.5, 0.6) is 0 Å². The van der Waals surface area contributed by atoms with E-state index in [-0.39, 0.29) is 5.56 Å². The smallest absolute Gasteiger partial charge is 0.217 e. The summed E-state index contributed by atoms with van der Waals surface area (Å²) in [6.45, 7) is 3.73. The van der Waals surface area contributed by atoms with E-state index < -0.39 is 40.4 Å². The lowest BCUT2D eigenvalue weighted by Crippen LogP contribution is -2.59. The SMILES string of the molecule is CCCC12OC(=N)C(C#N)(C1CC)C(C#N)(C#N)C(c1cccc(F)c1)O2. The van der Waals surface area contributed by atoms with Gasteiger partial charge in [-0.1, -0.05) is 26.0 Å². The number of nitrogens with one attached hydrogen (secondary N) is 1. The highest BCUT2D eigenvalue weighted by Crippen LogP contribution is 2.68. The molecule has 2 bridgehead atoms. The monoisotopic (exact) mass is 366 g/mol. The fraction of sp³-hybridized carbons (Fsp3) is 0.500. The molecule has 2 heterocycles. The first-order valence-corrected chi connectivity index (χ1v) is 8.86. The van der Waals surface area contributed by atoms with E-state index in [0.717, 1.165) is 0 Å². The van der Waals surface area contributed by atoms with Crippen LogP contribution in [0.15, 0.2) is 24.3 Å². The molecule has 0 radical (unpaired) electrons.